The fourth-order valence-electron chi connectivity index (χ4n) is 1.06. The summed E-state index contributed by atoms with van der Waals surface area (Å²) in [6.45, 7) is 4.00. The van der Waals surface area contributed by atoms with E-state index in [1.54, 1.807) is 18.2 Å². The zero-order valence-corrected chi connectivity index (χ0v) is 9.17. The molecule has 1 aromatic carbocycles. The van der Waals surface area contributed by atoms with Crippen molar-refractivity contribution in [1.29, 1.82) is 0 Å². The highest BCUT2D eigenvalue weighted by Crippen LogP contribution is 2.07. The van der Waals surface area contributed by atoms with E-state index in [-0.39, 0.29) is 5.97 Å². The number of hydrogen-bond acceptors (Lipinski definition) is 2. The first kappa shape index (κ1) is 11.8. The van der Waals surface area contributed by atoms with Crippen LogP contribution in [0.1, 0.15) is 22.3 Å². The molecule has 80 valence electrons. The van der Waals surface area contributed by atoms with Crippen LogP contribution in [0.2, 0.25) is 0 Å². The lowest BCUT2D eigenvalue weighted by Crippen LogP contribution is -2.06. The van der Waals surface area contributed by atoms with Crippen LogP contribution in [0.15, 0.2) is 30.8 Å². The van der Waals surface area contributed by atoms with E-state index in [2.05, 4.69) is 6.58 Å². The van der Waals surface area contributed by atoms with Crippen molar-refractivity contribution >= 4 is 23.6 Å². The highest BCUT2D eigenvalue weighted by Gasteiger charge is 2.05. The average molecular weight is 225 g/mol. The van der Waals surface area contributed by atoms with Crippen molar-refractivity contribution in [3.63, 3.8) is 0 Å². The zero-order chi connectivity index (χ0) is 11.1. The van der Waals surface area contributed by atoms with Crippen molar-refractivity contribution in [3.05, 3.63) is 42.0 Å². The van der Waals surface area contributed by atoms with E-state index in [4.69, 9.17) is 16.3 Å². The summed E-state index contributed by atoms with van der Waals surface area (Å²) >= 11 is 5.47. The van der Waals surface area contributed by atoms with Crippen LogP contribution >= 0.6 is 11.6 Å². The molecule has 0 saturated carbocycles. The van der Waals surface area contributed by atoms with Gasteiger partial charge in [-0.25, -0.2) is 4.79 Å². The van der Waals surface area contributed by atoms with Crippen molar-refractivity contribution < 1.29 is 9.53 Å². The van der Waals surface area contributed by atoms with Gasteiger partial charge in [0.25, 0.3) is 0 Å². The van der Waals surface area contributed by atoms with Crippen molar-refractivity contribution in [3.8, 4) is 0 Å². The lowest BCUT2D eigenvalue weighted by Gasteiger charge is -2.03. The largest absolute Gasteiger partial charge is 0.462 e. The smallest absolute Gasteiger partial charge is 0.338 e. The number of hydrogen-bond donors (Lipinski definition) is 0. The number of halogens is 1. The summed E-state index contributed by atoms with van der Waals surface area (Å²) in [5.74, 6) is 0.193. The molecule has 0 saturated heterocycles. The van der Waals surface area contributed by atoms with Crippen molar-refractivity contribution in [2.45, 2.75) is 6.42 Å². The van der Waals surface area contributed by atoms with Crippen LogP contribution in [-0.4, -0.2) is 18.5 Å². The fourth-order valence-corrected chi connectivity index (χ4v) is 1.17. The monoisotopic (exact) mass is 224 g/mol. The Bertz CT molecular complexity index is 330. The SMILES string of the molecule is C=Cc1ccc(C(=O)OCCCCl)cc1. The average Bonchev–Trinajstić information content (AvgIpc) is 2.29. The van der Waals surface area contributed by atoms with E-state index < -0.39 is 0 Å². The second-order valence-corrected chi connectivity index (χ2v) is 3.38. The van der Waals surface area contributed by atoms with Gasteiger partial charge in [-0.3, -0.25) is 0 Å². The summed E-state index contributed by atoms with van der Waals surface area (Å²) in [6, 6.07) is 7.09. The predicted molar refractivity (Wildman–Crippen MR) is 62.2 cm³/mol. The summed E-state index contributed by atoms with van der Waals surface area (Å²) in [5.41, 5.74) is 1.53. The van der Waals surface area contributed by atoms with Crippen molar-refractivity contribution in [1.82, 2.24) is 0 Å². The maximum Gasteiger partial charge on any atom is 0.338 e. The van der Waals surface area contributed by atoms with Crippen LogP contribution in [0.5, 0.6) is 0 Å². The van der Waals surface area contributed by atoms with Crippen LogP contribution < -0.4 is 0 Å². The van der Waals surface area contributed by atoms with Crippen LogP contribution in [0.4, 0.5) is 0 Å². The highest BCUT2D eigenvalue weighted by molar-refractivity contribution is 6.17. The molecule has 2 nitrogen and oxygen atoms in total. The number of rotatable bonds is 5. The third kappa shape index (κ3) is 3.76. The van der Waals surface area contributed by atoms with E-state index in [1.165, 1.54) is 0 Å². The Kier molecular flexibility index (Phi) is 4.91. The third-order valence-electron chi connectivity index (χ3n) is 1.89. The molecule has 0 atom stereocenters. The number of esters is 1. The van der Waals surface area contributed by atoms with Gasteiger partial charge in [0, 0.05) is 5.88 Å². The van der Waals surface area contributed by atoms with Gasteiger partial charge in [-0.2, -0.15) is 0 Å². The molecule has 0 fully saturated rings. The summed E-state index contributed by atoms with van der Waals surface area (Å²) in [4.78, 5) is 11.4. The van der Waals surface area contributed by atoms with E-state index in [0.29, 0.717) is 24.5 Å². The molecule has 1 rings (SSSR count). The normalized spacial score (nSPS) is 9.67. The molecular weight excluding hydrogens is 212 g/mol. The molecule has 0 radical (unpaired) electrons. The molecule has 0 spiro atoms. The fraction of sp³-hybridized carbons (Fsp3) is 0.250. The molecular formula is C12H13ClO2. The van der Waals surface area contributed by atoms with Crippen LogP contribution in [0, 0.1) is 0 Å². The number of alkyl halides is 1. The highest BCUT2D eigenvalue weighted by atomic mass is 35.5. The van der Waals surface area contributed by atoms with Gasteiger partial charge in [0.2, 0.25) is 0 Å². The summed E-state index contributed by atoms with van der Waals surface area (Å²) < 4.78 is 4.99. The molecule has 0 heterocycles. The molecule has 0 N–H and O–H groups in total. The van der Waals surface area contributed by atoms with Gasteiger partial charge in [-0.1, -0.05) is 24.8 Å². The molecule has 3 heteroatoms. The van der Waals surface area contributed by atoms with Crippen LogP contribution in [0.3, 0.4) is 0 Å². The zero-order valence-electron chi connectivity index (χ0n) is 8.41. The first-order valence-electron chi connectivity index (χ1n) is 4.73. The Morgan fingerprint density at radius 2 is 2.07 bits per heavy atom. The molecule has 0 unspecified atom stereocenters. The first-order chi connectivity index (χ1) is 7.27. The number of carbonyl (C=O) groups excluding carboxylic acids is 1. The molecule has 0 aliphatic carbocycles. The third-order valence-corrected chi connectivity index (χ3v) is 2.16. The maximum absolute atomic E-state index is 11.4. The van der Waals surface area contributed by atoms with Gasteiger partial charge in [0.05, 0.1) is 12.2 Å². The minimum atomic E-state index is -0.310. The molecule has 1 aromatic rings. The summed E-state index contributed by atoms with van der Waals surface area (Å²) in [5, 5.41) is 0. The van der Waals surface area contributed by atoms with Gasteiger partial charge in [0.15, 0.2) is 0 Å². The Labute approximate surface area is 94.5 Å². The van der Waals surface area contributed by atoms with Crippen molar-refractivity contribution in [2.75, 3.05) is 12.5 Å². The van der Waals surface area contributed by atoms with Gasteiger partial charge >= 0.3 is 5.97 Å². The Balaban J connectivity index is 2.54. The second kappa shape index (κ2) is 6.25. The van der Waals surface area contributed by atoms with Gasteiger partial charge in [-0.15, -0.1) is 11.6 Å². The standard InChI is InChI=1S/C12H13ClO2/c1-2-10-4-6-11(7-5-10)12(14)15-9-3-8-13/h2,4-7H,1,3,8-9H2. The van der Waals surface area contributed by atoms with Crippen LogP contribution in [-0.2, 0) is 4.74 Å². The van der Waals surface area contributed by atoms with Gasteiger partial charge in [-0.05, 0) is 24.1 Å². The second-order valence-electron chi connectivity index (χ2n) is 3.00. The van der Waals surface area contributed by atoms with E-state index in [1.807, 2.05) is 12.1 Å². The minimum absolute atomic E-state index is 0.310. The Morgan fingerprint density at radius 1 is 1.40 bits per heavy atom. The lowest BCUT2D eigenvalue weighted by atomic mass is 10.1. The lowest BCUT2D eigenvalue weighted by molar-refractivity contribution is 0.0506. The van der Waals surface area contributed by atoms with Crippen LogP contribution in [0.25, 0.3) is 6.08 Å². The molecule has 0 bridgehead atoms. The Hall–Kier alpha value is -1.28. The number of carbonyl (C=O) groups is 1. The quantitative estimate of drug-likeness (QED) is 0.436. The maximum atomic E-state index is 11.4. The molecule has 0 aromatic heterocycles. The first-order valence-corrected chi connectivity index (χ1v) is 5.27. The molecule has 0 aliphatic rings. The topological polar surface area (TPSA) is 26.3 Å². The summed E-state index contributed by atoms with van der Waals surface area (Å²) in [7, 11) is 0. The van der Waals surface area contributed by atoms with Gasteiger partial charge in [0.1, 0.15) is 0 Å². The Morgan fingerprint density at radius 3 is 2.60 bits per heavy atom. The van der Waals surface area contributed by atoms with E-state index in [0.717, 1.165) is 5.56 Å². The van der Waals surface area contributed by atoms with E-state index >= 15 is 0 Å². The van der Waals surface area contributed by atoms with Crippen molar-refractivity contribution in [2.24, 2.45) is 0 Å². The number of ether oxygens (including phenoxy) is 1. The number of benzene rings is 1. The van der Waals surface area contributed by atoms with E-state index in [9.17, 15) is 4.79 Å². The molecule has 0 aliphatic heterocycles. The molecule has 15 heavy (non-hydrogen) atoms. The minimum Gasteiger partial charge on any atom is -0.462 e. The van der Waals surface area contributed by atoms with Gasteiger partial charge < -0.3 is 4.74 Å². The predicted octanol–water partition coefficient (Wildman–Crippen LogP) is 3.12. The summed E-state index contributed by atoms with van der Waals surface area (Å²) in [6.07, 6.45) is 2.40. The molecule has 0 amide bonds.